The van der Waals surface area contributed by atoms with E-state index in [4.69, 9.17) is 14.6 Å². The minimum absolute atomic E-state index is 0.0614. The largest absolute Gasteiger partial charge is 0.497 e. The summed E-state index contributed by atoms with van der Waals surface area (Å²) in [6.07, 6.45) is 2.19. The van der Waals surface area contributed by atoms with Gasteiger partial charge in [-0.25, -0.2) is 22.8 Å². The molecular formula is C38H35F3N8O4. The van der Waals surface area contributed by atoms with Gasteiger partial charge >= 0.3 is 0 Å². The molecule has 272 valence electrons. The number of ether oxygens (including phenoxy) is 2. The second-order valence-corrected chi connectivity index (χ2v) is 12.5. The Hall–Kier alpha value is -6.22. The van der Waals surface area contributed by atoms with E-state index in [0.717, 1.165) is 29.4 Å². The number of carbonyl (C=O) groups excluding carboxylic acids is 1. The normalized spacial score (nSPS) is 16.0. The molecule has 0 aliphatic carbocycles. The van der Waals surface area contributed by atoms with E-state index in [1.807, 2.05) is 31.2 Å². The number of anilines is 2. The summed E-state index contributed by atoms with van der Waals surface area (Å²) in [5.41, 5.74) is 0.679. The molecule has 0 radical (unpaired) electrons. The number of fused-ring (bicyclic) bond motifs is 1. The van der Waals surface area contributed by atoms with Crippen LogP contribution in [0, 0.1) is 11.6 Å². The average Bonchev–Trinajstić information content (AvgIpc) is 3.51. The molecule has 1 amide bonds. The van der Waals surface area contributed by atoms with Crippen LogP contribution in [-0.4, -0.2) is 74.3 Å². The van der Waals surface area contributed by atoms with Crippen molar-refractivity contribution in [3.8, 4) is 22.9 Å². The molecule has 53 heavy (non-hydrogen) atoms. The van der Waals surface area contributed by atoms with E-state index in [0.29, 0.717) is 42.1 Å². The molecular weight excluding hydrogens is 689 g/mol. The Morgan fingerprint density at radius 1 is 0.981 bits per heavy atom. The van der Waals surface area contributed by atoms with Crippen molar-refractivity contribution in [3.63, 3.8) is 0 Å². The number of halogens is 3. The average molecular weight is 725 g/mol. The number of aromatic nitrogens is 5. The molecule has 0 unspecified atom stereocenters. The number of piperidine rings is 1. The molecule has 0 spiro atoms. The Bertz CT molecular complexity index is 2310. The van der Waals surface area contributed by atoms with Crippen molar-refractivity contribution in [2.75, 3.05) is 37.4 Å². The highest BCUT2D eigenvalue weighted by atomic mass is 19.1. The Balaban J connectivity index is 1.15. The number of benzene rings is 3. The third kappa shape index (κ3) is 7.55. The SMILES string of the molecule is CCN1CC[C@H](Nc2nn(Cc3ccc(OC)cc3)c3nccc(Oc4ccc(NC(=O)c5ccnn(-c6ccc(F)cc6)c5=O)cc4F)c23)[C@@H](F)C1. The van der Waals surface area contributed by atoms with Crippen molar-refractivity contribution in [1.82, 2.24) is 29.4 Å². The highest BCUT2D eigenvalue weighted by molar-refractivity contribution is 6.04. The van der Waals surface area contributed by atoms with Crippen LogP contribution in [0.2, 0.25) is 0 Å². The highest BCUT2D eigenvalue weighted by Crippen LogP contribution is 2.37. The van der Waals surface area contributed by atoms with Gasteiger partial charge in [0.15, 0.2) is 23.0 Å². The minimum Gasteiger partial charge on any atom is -0.497 e. The first-order valence-electron chi connectivity index (χ1n) is 16.9. The van der Waals surface area contributed by atoms with Crippen molar-refractivity contribution < 1.29 is 27.4 Å². The van der Waals surface area contributed by atoms with Crippen molar-refractivity contribution >= 4 is 28.4 Å². The smallest absolute Gasteiger partial charge is 0.284 e. The number of amides is 1. The lowest BCUT2D eigenvalue weighted by atomic mass is 10.0. The Kier molecular flexibility index (Phi) is 10.1. The second kappa shape index (κ2) is 15.2. The maximum atomic E-state index is 15.6. The first-order valence-corrected chi connectivity index (χ1v) is 16.9. The third-order valence-corrected chi connectivity index (χ3v) is 9.05. The van der Waals surface area contributed by atoms with E-state index in [-0.39, 0.29) is 28.4 Å². The monoisotopic (exact) mass is 724 g/mol. The van der Waals surface area contributed by atoms with Gasteiger partial charge in [0.2, 0.25) is 0 Å². The quantitative estimate of drug-likeness (QED) is 0.161. The van der Waals surface area contributed by atoms with Crippen molar-refractivity contribution in [2.24, 2.45) is 0 Å². The molecule has 0 saturated carbocycles. The lowest BCUT2D eigenvalue weighted by molar-refractivity contribution is 0.102. The van der Waals surface area contributed by atoms with Gasteiger partial charge in [-0.2, -0.15) is 14.9 Å². The van der Waals surface area contributed by atoms with Gasteiger partial charge in [-0.3, -0.25) is 9.59 Å². The van der Waals surface area contributed by atoms with E-state index in [1.165, 1.54) is 54.9 Å². The summed E-state index contributed by atoms with van der Waals surface area (Å²) in [5, 5.41) is 15.0. The fourth-order valence-corrected chi connectivity index (χ4v) is 6.19. The fraction of sp³-hybridized carbons (Fsp3) is 0.237. The van der Waals surface area contributed by atoms with Crippen LogP contribution in [0.4, 0.5) is 24.7 Å². The number of pyridine rings is 1. The number of methoxy groups -OCH3 is 1. The maximum Gasteiger partial charge on any atom is 0.284 e. The number of nitrogens with zero attached hydrogens (tertiary/aromatic N) is 6. The Morgan fingerprint density at radius 3 is 2.49 bits per heavy atom. The lowest BCUT2D eigenvalue weighted by Crippen LogP contribution is -2.47. The molecule has 4 heterocycles. The lowest BCUT2D eigenvalue weighted by Gasteiger charge is -2.34. The number of nitrogens with one attached hydrogen (secondary N) is 2. The van der Waals surface area contributed by atoms with Crippen LogP contribution in [0.1, 0.15) is 29.3 Å². The van der Waals surface area contributed by atoms with E-state index < -0.39 is 35.3 Å². The zero-order valence-electron chi connectivity index (χ0n) is 28.8. The zero-order valence-corrected chi connectivity index (χ0v) is 28.8. The van der Waals surface area contributed by atoms with Crippen LogP contribution in [0.15, 0.2) is 96.1 Å². The van der Waals surface area contributed by atoms with Gasteiger partial charge in [0.25, 0.3) is 11.5 Å². The van der Waals surface area contributed by atoms with Gasteiger partial charge in [0, 0.05) is 43.3 Å². The number of hydrogen-bond donors (Lipinski definition) is 2. The van der Waals surface area contributed by atoms with Gasteiger partial charge in [-0.15, -0.1) is 0 Å². The van der Waals surface area contributed by atoms with Gasteiger partial charge in [0.05, 0.1) is 25.4 Å². The molecule has 7 rings (SSSR count). The van der Waals surface area contributed by atoms with Gasteiger partial charge in [-0.1, -0.05) is 19.1 Å². The van der Waals surface area contributed by atoms with E-state index in [2.05, 4.69) is 25.6 Å². The summed E-state index contributed by atoms with van der Waals surface area (Å²) < 4.78 is 58.4. The number of alkyl halides is 1. The van der Waals surface area contributed by atoms with Gasteiger partial charge < -0.3 is 25.0 Å². The zero-order chi connectivity index (χ0) is 37.1. The summed E-state index contributed by atoms with van der Waals surface area (Å²) in [6, 6.07) is 18.7. The van der Waals surface area contributed by atoms with Crippen LogP contribution in [0.3, 0.4) is 0 Å². The number of likely N-dealkylation sites (tertiary alicyclic amines) is 1. The maximum absolute atomic E-state index is 15.6. The molecule has 1 saturated heterocycles. The van der Waals surface area contributed by atoms with Crippen LogP contribution in [0.5, 0.6) is 17.2 Å². The summed E-state index contributed by atoms with van der Waals surface area (Å²) in [5.74, 6) is -0.969. The molecule has 0 bridgehead atoms. The predicted octanol–water partition coefficient (Wildman–Crippen LogP) is 6.20. The Labute approximate surface area is 301 Å². The molecule has 1 aliphatic heterocycles. The van der Waals surface area contributed by atoms with Crippen LogP contribution in [-0.2, 0) is 6.54 Å². The molecule has 3 aromatic carbocycles. The summed E-state index contributed by atoms with van der Waals surface area (Å²) >= 11 is 0. The highest BCUT2D eigenvalue weighted by Gasteiger charge is 2.30. The molecule has 2 N–H and O–H groups in total. The van der Waals surface area contributed by atoms with Crippen molar-refractivity contribution in [1.29, 1.82) is 0 Å². The third-order valence-electron chi connectivity index (χ3n) is 9.05. The molecule has 1 aliphatic rings. The number of carbonyl (C=O) groups is 1. The van der Waals surface area contributed by atoms with E-state index in [9.17, 15) is 14.0 Å². The molecule has 12 nitrogen and oxygen atoms in total. The first kappa shape index (κ1) is 35.2. The standard InChI is InChI=1S/C38H35F3N8O4/c1-3-47-19-16-31(30(41)22-47)45-35-34-33(15-17-42-36(34)48(46-35)21-23-4-11-27(52-2)12-5-23)53-32-13-8-25(20-29(32)40)44-37(50)28-14-18-43-49(38(28)51)26-9-6-24(39)7-10-26/h4-15,17-18,20,30-31H,3,16,19,21-22H2,1-2H3,(H,44,50)(H,45,46)/t30-,31-/m0/s1. The summed E-state index contributed by atoms with van der Waals surface area (Å²) in [6.45, 7) is 4.10. The van der Waals surface area contributed by atoms with Crippen molar-refractivity contribution in [2.45, 2.75) is 32.1 Å². The van der Waals surface area contributed by atoms with Gasteiger partial charge in [-0.05, 0) is 73.1 Å². The topological polar surface area (TPSA) is 128 Å². The molecule has 15 heteroatoms. The van der Waals surface area contributed by atoms with Crippen molar-refractivity contribution in [3.05, 3.63) is 124 Å². The molecule has 2 atom stereocenters. The fourth-order valence-electron chi connectivity index (χ4n) is 6.19. The molecule has 1 fully saturated rings. The summed E-state index contributed by atoms with van der Waals surface area (Å²) in [4.78, 5) is 32.8. The van der Waals surface area contributed by atoms with Crippen LogP contribution >= 0.6 is 0 Å². The molecule has 6 aromatic rings. The first-order chi connectivity index (χ1) is 25.7. The van der Waals surface area contributed by atoms with Crippen LogP contribution < -0.4 is 25.7 Å². The number of hydrogen-bond acceptors (Lipinski definition) is 9. The second-order valence-electron chi connectivity index (χ2n) is 12.5. The molecule has 3 aromatic heterocycles. The summed E-state index contributed by atoms with van der Waals surface area (Å²) in [7, 11) is 1.59. The minimum atomic E-state index is -1.15. The van der Waals surface area contributed by atoms with Gasteiger partial charge in [0.1, 0.15) is 34.4 Å². The predicted molar refractivity (Wildman–Crippen MR) is 193 cm³/mol. The van der Waals surface area contributed by atoms with Crippen LogP contribution in [0.25, 0.3) is 16.7 Å². The van der Waals surface area contributed by atoms with E-state index >= 15 is 8.78 Å². The Morgan fingerprint density at radius 2 is 1.77 bits per heavy atom. The van der Waals surface area contributed by atoms with E-state index in [1.54, 1.807) is 17.9 Å². The number of rotatable bonds is 11.